The highest BCUT2D eigenvalue weighted by molar-refractivity contribution is 5.78. The number of benzene rings is 1. The van der Waals surface area contributed by atoms with Crippen LogP contribution in [0.5, 0.6) is 0 Å². The van der Waals surface area contributed by atoms with Gasteiger partial charge in [0.1, 0.15) is 5.82 Å². The van der Waals surface area contributed by atoms with Gasteiger partial charge in [-0.1, -0.05) is 0 Å². The predicted octanol–water partition coefficient (Wildman–Crippen LogP) is 2.30. The Morgan fingerprint density at radius 1 is 1.32 bits per heavy atom. The lowest BCUT2D eigenvalue weighted by molar-refractivity contribution is -0.121. The van der Waals surface area contributed by atoms with Crippen molar-refractivity contribution in [1.82, 2.24) is 20.2 Å². The average molecular weight is 344 g/mol. The van der Waals surface area contributed by atoms with Gasteiger partial charge in [-0.05, 0) is 50.5 Å². The first-order valence-electron chi connectivity index (χ1n) is 9.07. The van der Waals surface area contributed by atoms with Gasteiger partial charge >= 0.3 is 0 Å². The van der Waals surface area contributed by atoms with Crippen molar-refractivity contribution in [1.29, 1.82) is 0 Å². The Labute approximate surface area is 149 Å². The Balaban J connectivity index is 1.47. The number of hydrogen-bond acceptors (Lipinski definition) is 4. The van der Waals surface area contributed by atoms with Crippen LogP contribution in [0.1, 0.15) is 36.7 Å². The van der Waals surface area contributed by atoms with E-state index in [1.807, 2.05) is 0 Å². The van der Waals surface area contributed by atoms with Crippen molar-refractivity contribution in [2.24, 2.45) is 0 Å². The van der Waals surface area contributed by atoms with Crippen LogP contribution in [0, 0.1) is 13.8 Å². The first-order chi connectivity index (χ1) is 12.0. The van der Waals surface area contributed by atoms with Crippen LogP contribution >= 0.6 is 0 Å². The zero-order valence-electron chi connectivity index (χ0n) is 15.4. The highest BCUT2D eigenvalue weighted by Crippen LogP contribution is 2.17. The van der Waals surface area contributed by atoms with Crippen LogP contribution < -0.4 is 5.32 Å². The Bertz CT molecular complexity index is 695. The number of imidazole rings is 1. The lowest BCUT2D eigenvalue weighted by atomic mass is 10.1. The van der Waals surface area contributed by atoms with Crippen LogP contribution in [0.2, 0.25) is 0 Å². The number of H-pyrrole nitrogens is 1. The van der Waals surface area contributed by atoms with Crippen molar-refractivity contribution in [3.8, 4) is 0 Å². The van der Waals surface area contributed by atoms with E-state index in [2.05, 4.69) is 53.1 Å². The number of aromatic nitrogens is 2. The number of morpholine rings is 1. The second kappa shape index (κ2) is 7.97. The summed E-state index contributed by atoms with van der Waals surface area (Å²) in [6.45, 7) is 10.3. The fraction of sp³-hybridized carbons (Fsp3) is 0.579. The van der Waals surface area contributed by atoms with Gasteiger partial charge in [0.15, 0.2) is 0 Å². The van der Waals surface area contributed by atoms with E-state index in [0.717, 1.165) is 49.6 Å². The third-order valence-corrected chi connectivity index (χ3v) is 5.06. The van der Waals surface area contributed by atoms with Gasteiger partial charge in [-0.15, -0.1) is 0 Å². The van der Waals surface area contributed by atoms with Gasteiger partial charge in [-0.3, -0.25) is 9.69 Å². The van der Waals surface area contributed by atoms with E-state index < -0.39 is 0 Å². The zero-order chi connectivity index (χ0) is 17.8. The number of aromatic amines is 1. The van der Waals surface area contributed by atoms with E-state index in [1.54, 1.807) is 0 Å². The largest absolute Gasteiger partial charge is 0.379 e. The highest BCUT2D eigenvalue weighted by atomic mass is 16.5. The van der Waals surface area contributed by atoms with Crippen LogP contribution in [0.3, 0.4) is 0 Å². The number of carbonyl (C=O) groups is 1. The molecule has 1 aliphatic rings. The normalized spacial score (nSPS) is 16.9. The molecule has 25 heavy (non-hydrogen) atoms. The van der Waals surface area contributed by atoms with Crippen molar-refractivity contribution in [2.45, 2.75) is 46.2 Å². The first kappa shape index (κ1) is 17.9. The number of nitrogens with one attached hydrogen (secondary N) is 2. The zero-order valence-corrected chi connectivity index (χ0v) is 15.4. The van der Waals surface area contributed by atoms with Crippen LogP contribution in [-0.4, -0.2) is 53.1 Å². The van der Waals surface area contributed by atoms with Crippen LogP contribution in [0.4, 0.5) is 0 Å². The molecule has 0 bridgehead atoms. The first-order valence-corrected chi connectivity index (χ1v) is 9.07. The predicted molar refractivity (Wildman–Crippen MR) is 98.5 cm³/mol. The SMILES string of the molecule is Cc1cc2nc(CNC(=O)CC[C@@H](C)N3CCOCC3)[nH]c2cc1C. The lowest BCUT2D eigenvalue weighted by Crippen LogP contribution is -2.42. The molecule has 1 atom stereocenters. The monoisotopic (exact) mass is 344 g/mol. The summed E-state index contributed by atoms with van der Waals surface area (Å²) in [6.07, 6.45) is 1.40. The molecule has 1 aliphatic heterocycles. The Kier molecular flexibility index (Phi) is 5.71. The molecule has 1 aromatic heterocycles. The van der Waals surface area contributed by atoms with Gasteiger partial charge in [-0.2, -0.15) is 0 Å². The summed E-state index contributed by atoms with van der Waals surface area (Å²) in [5.41, 5.74) is 4.44. The summed E-state index contributed by atoms with van der Waals surface area (Å²) < 4.78 is 5.37. The van der Waals surface area contributed by atoms with Crippen molar-refractivity contribution in [3.05, 3.63) is 29.1 Å². The molecule has 0 unspecified atom stereocenters. The molecule has 1 saturated heterocycles. The van der Waals surface area contributed by atoms with Crippen molar-refractivity contribution in [2.75, 3.05) is 26.3 Å². The van der Waals surface area contributed by atoms with Crippen molar-refractivity contribution < 1.29 is 9.53 Å². The third kappa shape index (κ3) is 4.58. The topological polar surface area (TPSA) is 70.2 Å². The van der Waals surface area contributed by atoms with Gasteiger partial charge in [0.2, 0.25) is 5.91 Å². The Morgan fingerprint density at radius 2 is 2.04 bits per heavy atom. The smallest absolute Gasteiger partial charge is 0.220 e. The molecule has 0 aliphatic carbocycles. The molecule has 6 nitrogen and oxygen atoms in total. The second-order valence-corrected chi connectivity index (χ2v) is 6.95. The Hall–Kier alpha value is -1.92. The number of fused-ring (bicyclic) bond motifs is 1. The van der Waals surface area contributed by atoms with E-state index >= 15 is 0 Å². The van der Waals surface area contributed by atoms with E-state index in [-0.39, 0.29) is 5.91 Å². The second-order valence-electron chi connectivity index (χ2n) is 6.95. The van der Waals surface area contributed by atoms with Crippen molar-refractivity contribution in [3.63, 3.8) is 0 Å². The molecule has 2 N–H and O–H groups in total. The molecular formula is C19H28N4O2. The molecule has 1 aromatic carbocycles. The molecule has 2 heterocycles. The van der Waals surface area contributed by atoms with Crippen LogP contribution in [0.25, 0.3) is 11.0 Å². The maximum Gasteiger partial charge on any atom is 0.220 e. The van der Waals surface area contributed by atoms with Gasteiger partial charge in [-0.25, -0.2) is 4.98 Å². The highest BCUT2D eigenvalue weighted by Gasteiger charge is 2.17. The summed E-state index contributed by atoms with van der Waals surface area (Å²) in [6, 6.07) is 4.59. The van der Waals surface area contributed by atoms with Gasteiger partial charge < -0.3 is 15.0 Å². The van der Waals surface area contributed by atoms with Crippen LogP contribution in [-0.2, 0) is 16.1 Å². The van der Waals surface area contributed by atoms with Crippen LogP contribution in [0.15, 0.2) is 12.1 Å². The summed E-state index contributed by atoms with van der Waals surface area (Å²) in [5, 5.41) is 2.97. The number of carbonyl (C=O) groups excluding carboxylic acids is 1. The molecular weight excluding hydrogens is 316 g/mol. The number of amides is 1. The minimum Gasteiger partial charge on any atom is -0.379 e. The maximum absolute atomic E-state index is 12.1. The van der Waals surface area contributed by atoms with Crippen molar-refractivity contribution >= 4 is 16.9 Å². The molecule has 0 spiro atoms. The van der Waals surface area contributed by atoms with E-state index in [9.17, 15) is 4.79 Å². The molecule has 2 aromatic rings. The fourth-order valence-corrected chi connectivity index (χ4v) is 3.22. The minimum absolute atomic E-state index is 0.0768. The minimum atomic E-state index is 0.0768. The molecule has 1 amide bonds. The standard InChI is InChI=1S/C19H28N4O2/c1-13-10-16-17(11-14(13)2)22-18(21-16)12-20-19(24)5-4-15(3)23-6-8-25-9-7-23/h10-11,15H,4-9,12H2,1-3H3,(H,20,24)(H,21,22)/t15-/m1/s1. The summed E-state index contributed by atoms with van der Waals surface area (Å²) in [5.74, 6) is 0.877. The Morgan fingerprint density at radius 3 is 2.80 bits per heavy atom. The summed E-state index contributed by atoms with van der Waals surface area (Å²) in [4.78, 5) is 22.4. The molecule has 1 fully saturated rings. The van der Waals surface area contributed by atoms with E-state index in [4.69, 9.17) is 4.74 Å². The van der Waals surface area contributed by atoms with E-state index in [1.165, 1.54) is 11.1 Å². The van der Waals surface area contributed by atoms with Gasteiger partial charge in [0.25, 0.3) is 0 Å². The van der Waals surface area contributed by atoms with Gasteiger partial charge in [0, 0.05) is 25.6 Å². The summed E-state index contributed by atoms with van der Waals surface area (Å²) in [7, 11) is 0. The molecule has 136 valence electrons. The third-order valence-electron chi connectivity index (χ3n) is 5.06. The molecule has 0 radical (unpaired) electrons. The fourth-order valence-electron chi connectivity index (χ4n) is 3.22. The number of hydrogen-bond donors (Lipinski definition) is 2. The summed E-state index contributed by atoms with van der Waals surface area (Å²) >= 11 is 0. The number of nitrogens with zero attached hydrogens (tertiary/aromatic N) is 2. The number of rotatable bonds is 6. The quantitative estimate of drug-likeness (QED) is 0.844. The molecule has 6 heteroatoms. The number of aryl methyl sites for hydroxylation is 2. The van der Waals surface area contributed by atoms with E-state index in [0.29, 0.717) is 19.0 Å². The molecule has 3 rings (SSSR count). The molecule has 0 saturated carbocycles. The average Bonchev–Trinajstić information content (AvgIpc) is 3.00. The van der Waals surface area contributed by atoms with Gasteiger partial charge in [0.05, 0.1) is 30.8 Å². The lowest BCUT2D eigenvalue weighted by Gasteiger charge is -2.32. The maximum atomic E-state index is 12.1. The number of ether oxygens (including phenoxy) is 1.